The molecule has 0 amide bonds. The second-order valence-corrected chi connectivity index (χ2v) is 4.37. The predicted molar refractivity (Wildman–Crippen MR) is 76.0 cm³/mol. The van der Waals surface area contributed by atoms with Gasteiger partial charge in [0.05, 0.1) is 5.52 Å². The number of hydrogen-bond acceptors (Lipinski definition) is 3. The number of fused-ring (bicyclic) bond motifs is 1. The van der Waals surface area contributed by atoms with Crippen LogP contribution in [0.4, 0.5) is 5.69 Å². The Morgan fingerprint density at radius 3 is 2.47 bits per heavy atom. The lowest BCUT2D eigenvalue weighted by atomic mass is 10.0. The van der Waals surface area contributed by atoms with E-state index in [0.29, 0.717) is 16.8 Å². The first-order valence-electron chi connectivity index (χ1n) is 5.99. The second-order valence-electron chi connectivity index (χ2n) is 4.37. The van der Waals surface area contributed by atoms with Gasteiger partial charge in [0.25, 0.3) is 0 Å². The zero-order valence-corrected chi connectivity index (χ0v) is 10.2. The van der Waals surface area contributed by atoms with Crippen LogP contribution in [0.3, 0.4) is 0 Å². The minimum absolute atomic E-state index is 0.0433. The summed E-state index contributed by atoms with van der Waals surface area (Å²) < 4.78 is 0. The van der Waals surface area contributed by atoms with Crippen molar-refractivity contribution in [3.05, 3.63) is 71.9 Å². The van der Waals surface area contributed by atoms with Crippen molar-refractivity contribution >= 4 is 22.4 Å². The molecular formula is C16H12N2O. The zero-order chi connectivity index (χ0) is 13.2. The van der Waals surface area contributed by atoms with E-state index in [9.17, 15) is 4.79 Å². The van der Waals surface area contributed by atoms with Gasteiger partial charge in [-0.15, -0.1) is 0 Å². The number of nitrogen functional groups attached to an aromatic ring is 1. The normalized spacial score (nSPS) is 10.5. The number of benzene rings is 2. The number of aromatic nitrogens is 1. The molecule has 0 aliphatic heterocycles. The molecule has 0 radical (unpaired) electrons. The molecule has 92 valence electrons. The number of carbonyl (C=O) groups excluding carboxylic acids is 1. The number of hydrogen-bond donors (Lipinski definition) is 1. The van der Waals surface area contributed by atoms with E-state index in [1.807, 2.05) is 30.3 Å². The van der Waals surface area contributed by atoms with E-state index >= 15 is 0 Å². The number of rotatable bonds is 2. The van der Waals surface area contributed by atoms with Crippen LogP contribution in [0.2, 0.25) is 0 Å². The molecule has 0 bridgehead atoms. The molecule has 3 nitrogen and oxygen atoms in total. The highest BCUT2D eigenvalue weighted by Gasteiger charge is 2.09. The first kappa shape index (κ1) is 11.4. The van der Waals surface area contributed by atoms with E-state index in [1.165, 1.54) is 0 Å². The minimum atomic E-state index is -0.0433. The number of anilines is 1. The Labute approximate surface area is 110 Å². The Balaban J connectivity index is 2.04. The first-order valence-corrected chi connectivity index (χ1v) is 5.99. The highest BCUT2D eigenvalue weighted by atomic mass is 16.1. The smallest absolute Gasteiger partial charge is 0.194 e. The van der Waals surface area contributed by atoms with Gasteiger partial charge in [0.2, 0.25) is 0 Å². The molecule has 1 aromatic heterocycles. The molecule has 0 unspecified atom stereocenters. The Morgan fingerprint density at radius 1 is 0.947 bits per heavy atom. The Kier molecular flexibility index (Phi) is 2.72. The van der Waals surface area contributed by atoms with E-state index in [1.54, 1.807) is 30.5 Å². The van der Waals surface area contributed by atoms with Gasteiger partial charge in [-0.05, 0) is 36.4 Å². The van der Waals surface area contributed by atoms with Crippen molar-refractivity contribution < 1.29 is 4.79 Å². The van der Waals surface area contributed by atoms with Crippen LogP contribution in [0.25, 0.3) is 10.9 Å². The molecule has 2 aromatic carbocycles. The Hall–Kier alpha value is -2.68. The summed E-state index contributed by atoms with van der Waals surface area (Å²) in [7, 11) is 0. The summed E-state index contributed by atoms with van der Waals surface area (Å²) in [6.07, 6.45) is 1.61. The van der Waals surface area contributed by atoms with E-state index < -0.39 is 0 Å². The lowest BCUT2D eigenvalue weighted by Crippen LogP contribution is -2.02. The monoisotopic (exact) mass is 248 g/mol. The average molecular weight is 248 g/mol. The van der Waals surface area contributed by atoms with Crippen LogP contribution in [0.1, 0.15) is 15.9 Å². The maximum atomic E-state index is 12.3. The van der Waals surface area contributed by atoms with Gasteiger partial charge in [-0.2, -0.15) is 0 Å². The summed E-state index contributed by atoms with van der Waals surface area (Å²) in [5.41, 5.74) is 8.35. The van der Waals surface area contributed by atoms with Gasteiger partial charge in [-0.25, -0.2) is 0 Å². The highest BCUT2D eigenvalue weighted by molar-refractivity contribution is 6.10. The summed E-state index contributed by atoms with van der Waals surface area (Å²) in [6, 6.07) is 16.5. The molecule has 2 N–H and O–H groups in total. The van der Waals surface area contributed by atoms with Crippen LogP contribution in [0.15, 0.2) is 60.8 Å². The summed E-state index contributed by atoms with van der Waals surface area (Å²) in [6.45, 7) is 0. The SMILES string of the molecule is Nc1ccc(C(=O)c2cnc3ccccc3c2)cc1. The van der Waals surface area contributed by atoms with Gasteiger partial charge in [0.1, 0.15) is 0 Å². The summed E-state index contributed by atoms with van der Waals surface area (Å²) in [5, 5.41) is 0.962. The number of pyridine rings is 1. The van der Waals surface area contributed by atoms with Crippen molar-refractivity contribution in [3.8, 4) is 0 Å². The van der Waals surface area contributed by atoms with Gasteiger partial charge < -0.3 is 5.73 Å². The predicted octanol–water partition coefficient (Wildman–Crippen LogP) is 3.05. The zero-order valence-electron chi connectivity index (χ0n) is 10.2. The molecule has 0 atom stereocenters. The van der Waals surface area contributed by atoms with Crippen LogP contribution in [-0.2, 0) is 0 Å². The fourth-order valence-corrected chi connectivity index (χ4v) is 2.00. The Morgan fingerprint density at radius 2 is 1.68 bits per heavy atom. The van der Waals surface area contributed by atoms with Crippen molar-refractivity contribution in [1.82, 2.24) is 4.98 Å². The lowest BCUT2D eigenvalue weighted by molar-refractivity contribution is 0.103. The molecule has 0 saturated carbocycles. The van der Waals surface area contributed by atoms with Crippen LogP contribution >= 0.6 is 0 Å². The maximum Gasteiger partial charge on any atom is 0.194 e. The van der Waals surface area contributed by atoms with Gasteiger partial charge in [-0.1, -0.05) is 18.2 Å². The molecule has 0 spiro atoms. The van der Waals surface area contributed by atoms with E-state index in [4.69, 9.17) is 5.73 Å². The van der Waals surface area contributed by atoms with Crippen LogP contribution in [-0.4, -0.2) is 10.8 Å². The molecule has 0 aliphatic carbocycles. The molecule has 0 fully saturated rings. The number of carbonyl (C=O) groups is 1. The number of ketones is 1. The summed E-state index contributed by atoms with van der Waals surface area (Å²) >= 11 is 0. The van der Waals surface area contributed by atoms with Gasteiger partial charge >= 0.3 is 0 Å². The summed E-state index contributed by atoms with van der Waals surface area (Å²) in [4.78, 5) is 16.6. The number of para-hydroxylation sites is 1. The third-order valence-corrected chi connectivity index (χ3v) is 3.03. The van der Waals surface area contributed by atoms with Crippen molar-refractivity contribution in [2.24, 2.45) is 0 Å². The van der Waals surface area contributed by atoms with Gasteiger partial charge in [0, 0.05) is 28.4 Å². The molecule has 1 heterocycles. The fraction of sp³-hybridized carbons (Fsp3) is 0. The van der Waals surface area contributed by atoms with E-state index in [0.717, 1.165) is 10.9 Å². The van der Waals surface area contributed by atoms with Crippen LogP contribution in [0.5, 0.6) is 0 Å². The highest BCUT2D eigenvalue weighted by Crippen LogP contribution is 2.16. The average Bonchev–Trinajstić information content (AvgIpc) is 2.47. The number of nitrogens with two attached hydrogens (primary N) is 1. The molecule has 0 aliphatic rings. The van der Waals surface area contributed by atoms with Crippen LogP contribution in [0, 0.1) is 0 Å². The third kappa shape index (κ3) is 2.18. The van der Waals surface area contributed by atoms with Gasteiger partial charge in [0.15, 0.2) is 5.78 Å². The van der Waals surface area contributed by atoms with Crippen molar-refractivity contribution in [1.29, 1.82) is 0 Å². The molecule has 3 heteroatoms. The first-order chi connectivity index (χ1) is 9.24. The second kappa shape index (κ2) is 4.53. The quantitative estimate of drug-likeness (QED) is 0.560. The topological polar surface area (TPSA) is 56.0 Å². The molecule has 3 aromatic rings. The molecule has 3 rings (SSSR count). The summed E-state index contributed by atoms with van der Waals surface area (Å²) in [5.74, 6) is -0.0433. The van der Waals surface area contributed by atoms with Crippen molar-refractivity contribution in [3.63, 3.8) is 0 Å². The third-order valence-electron chi connectivity index (χ3n) is 3.03. The van der Waals surface area contributed by atoms with Crippen molar-refractivity contribution in [2.75, 3.05) is 5.73 Å². The molecule has 0 saturated heterocycles. The number of nitrogens with zero attached hydrogens (tertiary/aromatic N) is 1. The van der Waals surface area contributed by atoms with Gasteiger partial charge in [-0.3, -0.25) is 9.78 Å². The van der Waals surface area contributed by atoms with Crippen LogP contribution < -0.4 is 5.73 Å². The lowest BCUT2D eigenvalue weighted by Gasteiger charge is -2.03. The Bertz CT molecular complexity index is 748. The largest absolute Gasteiger partial charge is 0.399 e. The van der Waals surface area contributed by atoms with E-state index in [2.05, 4.69) is 4.98 Å². The molecular weight excluding hydrogens is 236 g/mol. The minimum Gasteiger partial charge on any atom is -0.399 e. The van der Waals surface area contributed by atoms with E-state index in [-0.39, 0.29) is 5.78 Å². The maximum absolute atomic E-state index is 12.3. The fourth-order valence-electron chi connectivity index (χ4n) is 2.00. The standard InChI is InChI=1S/C16H12N2O/c17-14-7-5-11(6-8-14)16(19)13-9-12-3-1-2-4-15(12)18-10-13/h1-10H,17H2. The van der Waals surface area contributed by atoms with Crippen molar-refractivity contribution in [2.45, 2.75) is 0 Å². The molecule has 19 heavy (non-hydrogen) atoms.